The van der Waals surface area contributed by atoms with Gasteiger partial charge in [-0.15, -0.1) is 11.3 Å². The van der Waals surface area contributed by atoms with Crippen molar-refractivity contribution in [2.75, 3.05) is 6.61 Å². The molecule has 90 valence electrons. The lowest BCUT2D eigenvalue weighted by atomic mass is 10.2. The predicted molar refractivity (Wildman–Crippen MR) is 72.5 cm³/mol. The standard InChI is InChI=1S/C14H17NOS/c1-2-16-13-7-5-12(6-8-13)10-15-11-14-4-3-9-17-14/h3-9,15H,2,10-11H2,1H3. The van der Waals surface area contributed by atoms with E-state index in [1.807, 2.05) is 19.1 Å². The molecule has 0 aliphatic rings. The van der Waals surface area contributed by atoms with Crippen molar-refractivity contribution >= 4 is 11.3 Å². The Morgan fingerprint density at radius 1 is 1.12 bits per heavy atom. The first-order valence-electron chi connectivity index (χ1n) is 5.83. The summed E-state index contributed by atoms with van der Waals surface area (Å²) < 4.78 is 5.41. The van der Waals surface area contributed by atoms with Crippen molar-refractivity contribution in [1.29, 1.82) is 0 Å². The van der Waals surface area contributed by atoms with Gasteiger partial charge in [0, 0.05) is 18.0 Å². The number of nitrogens with one attached hydrogen (secondary N) is 1. The van der Waals surface area contributed by atoms with Crippen LogP contribution in [0.25, 0.3) is 0 Å². The molecule has 2 nitrogen and oxygen atoms in total. The molecule has 0 aliphatic heterocycles. The predicted octanol–water partition coefficient (Wildman–Crippen LogP) is 3.44. The Kier molecular flexibility index (Phi) is 4.59. The van der Waals surface area contributed by atoms with Crippen LogP contribution < -0.4 is 10.1 Å². The van der Waals surface area contributed by atoms with Gasteiger partial charge in [0.05, 0.1) is 6.61 Å². The fourth-order valence-electron chi connectivity index (χ4n) is 1.61. The number of hydrogen-bond donors (Lipinski definition) is 1. The molecule has 1 N–H and O–H groups in total. The summed E-state index contributed by atoms with van der Waals surface area (Å²) in [6.07, 6.45) is 0. The lowest BCUT2D eigenvalue weighted by molar-refractivity contribution is 0.340. The van der Waals surface area contributed by atoms with Gasteiger partial charge in [-0.25, -0.2) is 0 Å². The van der Waals surface area contributed by atoms with Gasteiger partial charge in [-0.1, -0.05) is 18.2 Å². The monoisotopic (exact) mass is 247 g/mol. The summed E-state index contributed by atoms with van der Waals surface area (Å²) >= 11 is 1.78. The van der Waals surface area contributed by atoms with Gasteiger partial charge in [0.2, 0.25) is 0 Å². The molecule has 1 heterocycles. The summed E-state index contributed by atoms with van der Waals surface area (Å²) in [7, 11) is 0. The first kappa shape index (κ1) is 12.1. The summed E-state index contributed by atoms with van der Waals surface area (Å²) in [4.78, 5) is 1.37. The topological polar surface area (TPSA) is 21.3 Å². The van der Waals surface area contributed by atoms with E-state index in [-0.39, 0.29) is 0 Å². The molecular formula is C14H17NOS. The second kappa shape index (κ2) is 6.42. The van der Waals surface area contributed by atoms with E-state index in [1.165, 1.54) is 10.4 Å². The molecule has 2 rings (SSSR count). The van der Waals surface area contributed by atoms with Crippen LogP contribution in [0.1, 0.15) is 17.4 Å². The van der Waals surface area contributed by atoms with E-state index in [0.29, 0.717) is 0 Å². The van der Waals surface area contributed by atoms with Gasteiger partial charge in [-0.2, -0.15) is 0 Å². The molecule has 0 radical (unpaired) electrons. The van der Waals surface area contributed by atoms with Crippen molar-refractivity contribution < 1.29 is 4.74 Å². The molecule has 1 aromatic carbocycles. The van der Waals surface area contributed by atoms with Crippen LogP contribution in [0.15, 0.2) is 41.8 Å². The molecule has 0 saturated carbocycles. The third-order valence-electron chi connectivity index (χ3n) is 2.44. The van der Waals surface area contributed by atoms with E-state index in [0.717, 1.165) is 25.4 Å². The molecular weight excluding hydrogens is 230 g/mol. The lowest BCUT2D eigenvalue weighted by Crippen LogP contribution is -2.11. The summed E-state index contributed by atoms with van der Waals surface area (Å²) in [5, 5.41) is 5.53. The van der Waals surface area contributed by atoms with Crippen LogP contribution in [-0.4, -0.2) is 6.61 Å². The van der Waals surface area contributed by atoms with Crippen LogP contribution in [0, 0.1) is 0 Å². The van der Waals surface area contributed by atoms with Gasteiger partial charge >= 0.3 is 0 Å². The summed E-state index contributed by atoms with van der Waals surface area (Å²) in [6.45, 7) is 4.54. The maximum absolute atomic E-state index is 5.41. The van der Waals surface area contributed by atoms with Gasteiger partial charge in [0.1, 0.15) is 5.75 Å². The van der Waals surface area contributed by atoms with Crippen molar-refractivity contribution in [1.82, 2.24) is 5.32 Å². The maximum atomic E-state index is 5.41. The van der Waals surface area contributed by atoms with Crippen molar-refractivity contribution in [2.24, 2.45) is 0 Å². The third-order valence-corrected chi connectivity index (χ3v) is 3.32. The second-order valence-corrected chi connectivity index (χ2v) is 4.79. The van der Waals surface area contributed by atoms with E-state index in [9.17, 15) is 0 Å². The third kappa shape index (κ3) is 3.88. The summed E-state index contributed by atoms with van der Waals surface area (Å²) in [6, 6.07) is 12.5. The number of ether oxygens (including phenoxy) is 1. The zero-order valence-electron chi connectivity index (χ0n) is 9.98. The number of rotatable bonds is 6. The van der Waals surface area contributed by atoms with Gasteiger partial charge in [0.25, 0.3) is 0 Å². The molecule has 0 bridgehead atoms. The second-order valence-electron chi connectivity index (χ2n) is 3.76. The quantitative estimate of drug-likeness (QED) is 0.844. The first-order valence-corrected chi connectivity index (χ1v) is 6.71. The zero-order valence-corrected chi connectivity index (χ0v) is 10.8. The van der Waals surface area contributed by atoms with Gasteiger partial charge < -0.3 is 10.1 Å². The molecule has 0 amide bonds. The molecule has 0 spiro atoms. The highest BCUT2D eigenvalue weighted by molar-refractivity contribution is 7.09. The Hall–Kier alpha value is -1.32. The maximum Gasteiger partial charge on any atom is 0.119 e. The molecule has 17 heavy (non-hydrogen) atoms. The minimum absolute atomic E-state index is 0.718. The van der Waals surface area contributed by atoms with Crippen LogP contribution >= 0.6 is 11.3 Å². The average Bonchev–Trinajstić information content (AvgIpc) is 2.85. The van der Waals surface area contributed by atoms with Crippen molar-refractivity contribution in [3.63, 3.8) is 0 Å². The fraction of sp³-hybridized carbons (Fsp3) is 0.286. The minimum Gasteiger partial charge on any atom is -0.494 e. The van der Waals surface area contributed by atoms with E-state index in [2.05, 4.69) is 35.0 Å². The zero-order chi connectivity index (χ0) is 11.9. The highest BCUT2D eigenvalue weighted by Crippen LogP contribution is 2.12. The number of hydrogen-bond acceptors (Lipinski definition) is 3. The Labute approximate surface area is 106 Å². The average molecular weight is 247 g/mol. The Bertz CT molecular complexity index is 422. The molecule has 3 heteroatoms. The molecule has 0 unspecified atom stereocenters. The first-order chi connectivity index (χ1) is 8.38. The Morgan fingerprint density at radius 3 is 2.59 bits per heavy atom. The largest absolute Gasteiger partial charge is 0.494 e. The summed E-state index contributed by atoms with van der Waals surface area (Å²) in [5.41, 5.74) is 1.28. The fourth-order valence-corrected chi connectivity index (χ4v) is 2.29. The van der Waals surface area contributed by atoms with E-state index < -0.39 is 0 Å². The summed E-state index contributed by atoms with van der Waals surface area (Å²) in [5.74, 6) is 0.939. The van der Waals surface area contributed by atoms with Crippen LogP contribution in [0.2, 0.25) is 0 Å². The van der Waals surface area contributed by atoms with Gasteiger partial charge in [-0.05, 0) is 36.1 Å². The van der Waals surface area contributed by atoms with Gasteiger partial charge in [0.15, 0.2) is 0 Å². The smallest absolute Gasteiger partial charge is 0.119 e. The highest BCUT2D eigenvalue weighted by Gasteiger charge is 1.96. The minimum atomic E-state index is 0.718. The molecule has 0 atom stereocenters. The van der Waals surface area contributed by atoms with Crippen molar-refractivity contribution in [3.8, 4) is 5.75 Å². The normalized spacial score (nSPS) is 10.4. The van der Waals surface area contributed by atoms with Crippen molar-refractivity contribution in [2.45, 2.75) is 20.0 Å². The molecule has 1 aromatic heterocycles. The van der Waals surface area contributed by atoms with Gasteiger partial charge in [-0.3, -0.25) is 0 Å². The van der Waals surface area contributed by atoms with Crippen molar-refractivity contribution in [3.05, 3.63) is 52.2 Å². The highest BCUT2D eigenvalue weighted by atomic mass is 32.1. The molecule has 2 aromatic rings. The molecule has 0 aliphatic carbocycles. The van der Waals surface area contributed by atoms with Crippen LogP contribution in [0.3, 0.4) is 0 Å². The Balaban J connectivity index is 1.79. The molecule has 0 saturated heterocycles. The SMILES string of the molecule is CCOc1ccc(CNCc2cccs2)cc1. The van der Waals surface area contributed by atoms with E-state index in [4.69, 9.17) is 4.74 Å². The Morgan fingerprint density at radius 2 is 1.94 bits per heavy atom. The lowest BCUT2D eigenvalue weighted by Gasteiger charge is -2.06. The molecule has 0 fully saturated rings. The van der Waals surface area contributed by atoms with E-state index >= 15 is 0 Å². The number of benzene rings is 1. The number of thiophene rings is 1. The van der Waals surface area contributed by atoms with E-state index in [1.54, 1.807) is 11.3 Å². The van der Waals surface area contributed by atoms with Crippen LogP contribution in [-0.2, 0) is 13.1 Å². The van der Waals surface area contributed by atoms with Crippen LogP contribution in [0.4, 0.5) is 0 Å². The van der Waals surface area contributed by atoms with Crippen LogP contribution in [0.5, 0.6) is 5.75 Å².